The number of benzene rings is 2. The second-order valence-corrected chi connectivity index (χ2v) is 9.59. The Morgan fingerprint density at radius 1 is 1.03 bits per heavy atom. The van der Waals surface area contributed by atoms with Gasteiger partial charge in [-0.2, -0.15) is 0 Å². The monoisotopic (exact) mass is 502 g/mol. The number of rotatable bonds is 8. The van der Waals surface area contributed by atoms with Gasteiger partial charge >= 0.3 is 6.03 Å². The Labute approximate surface area is 212 Å². The zero-order chi connectivity index (χ0) is 24.8. The molecular weight excluding hydrogens is 468 g/mol. The maximum Gasteiger partial charge on any atom is 0.319 e. The quantitative estimate of drug-likeness (QED) is 0.509. The van der Waals surface area contributed by atoms with Gasteiger partial charge < -0.3 is 30.2 Å². The van der Waals surface area contributed by atoms with Gasteiger partial charge in [0, 0.05) is 36.3 Å². The van der Waals surface area contributed by atoms with E-state index in [1.165, 1.54) is 5.56 Å². The molecule has 0 radical (unpaired) electrons. The molecule has 2 aliphatic heterocycles. The van der Waals surface area contributed by atoms with E-state index >= 15 is 0 Å². The first kappa shape index (κ1) is 25.4. The van der Waals surface area contributed by atoms with Crippen LogP contribution in [0.3, 0.4) is 0 Å². The topological polar surface area (TPSA) is 84.1 Å². The smallest absolute Gasteiger partial charge is 0.319 e. The van der Waals surface area contributed by atoms with Crippen LogP contribution in [0.5, 0.6) is 17.2 Å². The van der Waals surface area contributed by atoms with E-state index in [1.54, 1.807) is 33.5 Å². The third-order valence-corrected chi connectivity index (χ3v) is 7.23. The molecule has 2 aliphatic rings. The molecule has 2 amide bonds. The number of urea groups is 1. The van der Waals surface area contributed by atoms with Gasteiger partial charge in [-0.1, -0.05) is 23.7 Å². The SMILES string of the molecule is COc1cc(NC(=O)NC2CNC[C@H]2N2CCC(Cc3ccc(Cl)cc3)CC2)cc(OC)c1OC. The molecule has 2 aromatic rings. The molecule has 3 N–H and O–H groups in total. The van der Waals surface area contributed by atoms with Crippen molar-refractivity contribution in [2.24, 2.45) is 5.92 Å². The molecule has 2 fully saturated rings. The summed E-state index contributed by atoms with van der Waals surface area (Å²) in [6.07, 6.45) is 3.40. The predicted molar refractivity (Wildman–Crippen MR) is 138 cm³/mol. The Hall–Kier alpha value is -2.68. The summed E-state index contributed by atoms with van der Waals surface area (Å²) in [4.78, 5) is 15.4. The molecule has 190 valence electrons. The lowest BCUT2D eigenvalue weighted by Gasteiger charge is -2.38. The summed E-state index contributed by atoms with van der Waals surface area (Å²) < 4.78 is 16.1. The molecule has 0 aliphatic carbocycles. The predicted octanol–water partition coefficient (Wildman–Crippen LogP) is 3.78. The Bertz CT molecular complexity index is 970. The number of ether oxygens (including phenoxy) is 3. The number of amides is 2. The Kier molecular flexibility index (Phi) is 8.59. The first-order chi connectivity index (χ1) is 17.0. The number of halogens is 1. The van der Waals surface area contributed by atoms with E-state index in [4.69, 9.17) is 25.8 Å². The minimum absolute atomic E-state index is 0.0323. The number of hydrogen-bond donors (Lipinski definition) is 3. The van der Waals surface area contributed by atoms with Crippen molar-refractivity contribution in [1.82, 2.24) is 15.5 Å². The van der Waals surface area contributed by atoms with Crippen LogP contribution < -0.4 is 30.2 Å². The number of carbonyl (C=O) groups excluding carboxylic acids is 1. The molecule has 9 heteroatoms. The van der Waals surface area contributed by atoms with Crippen LogP contribution in [0.25, 0.3) is 0 Å². The van der Waals surface area contributed by atoms with Crippen LogP contribution in [0.1, 0.15) is 18.4 Å². The molecule has 0 spiro atoms. The third kappa shape index (κ3) is 6.31. The van der Waals surface area contributed by atoms with Gasteiger partial charge in [-0.15, -0.1) is 0 Å². The van der Waals surface area contributed by atoms with Gasteiger partial charge in [-0.25, -0.2) is 4.79 Å². The fourth-order valence-corrected chi connectivity index (χ4v) is 5.25. The first-order valence-electron chi connectivity index (χ1n) is 12.1. The molecular formula is C26H35ClN4O4. The van der Waals surface area contributed by atoms with Crippen LogP contribution in [0, 0.1) is 5.92 Å². The highest BCUT2D eigenvalue weighted by molar-refractivity contribution is 6.30. The number of likely N-dealkylation sites (tertiary alicyclic amines) is 1. The molecule has 2 atom stereocenters. The van der Waals surface area contributed by atoms with Crippen LogP contribution in [0.4, 0.5) is 10.5 Å². The summed E-state index contributed by atoms with van der Waals surface area (Å²) in [7, 11) is 4.65. The van der Waals surface area contributed by atoms with E-state index in [0.29, 0.717) is 28.9 Å². The fraction of sp³-hybridized carbons (Fsp3) is 0.500. The highest BCUT2D eigenvalue weighted by atomic mass is 35.5. The van der Waals surface area contributed by atoms with Gasteiger partial charge in [0.1, 0.15) is 0 Å². The number of methoxy groups -OCH3 is 3. The lowest BCUT2D eigenvalue weighted by Crippen LogP contribution is -2.54. The largest absolute Gasteiger partial charge is 0.493 e. The van der Waals surface area contributed by atoms with Crippen molar-refractivity contribution >= 4 is 23.3 Å². The number of piperidine rings is 1. The number of nitrogens with one attached hydrogen (secondary N) is 3. The normalized spacial score (nSPS) is 20.9. The zero-order valence-corrected chi connectivity index (χ0v) is 21.4. The van der Waals surface area contributed by atoms with Crippen molar-refractivity contribution in [1.29, 1.82) is 0 Å². The third-order valence-electron chi connectivity index (χ3n) is 6.98. The molecule has 0 saturated carbocycles. The Morgan fingerprint density at radius 3 is 2.29 bits per heavy atom. The van der Waals surface area contributed by atoms with Gasteiger partial charge in [-0.05, 0) is 56.0 Å². The fourth-order valence-electron chi connectivity index (χ4n) is 5.13. The van der Waals surface area contributed by atoms with E-state index in [2.05, 4.69) is 33.0 Å². The van der Waals surface area contributed by atoms with E-state index in [-0.39, 0.29) is 18.1 Å². The molecule has 2 saturated heterocycles. The number of hydrogen-bond acceptors (Lipinski definition) is 6. The Morgan fingerprint density at radius 2 is 1.69 bits per heavy atom. The van der Waals surface area contributed by atoms with Crippen molar-refractivity contribution in [3.05, 3.63) is 47.0 Å². The minimum atomic E-state index is -0.254. The average molecular weight is 503 g/mol. The second-order valence-electron chi connectivity index (χ2n) is 9.15. The first-order valence-corrected chi connectivity index (χ1v) is 12.4. The summed E-state index contributed by atoms with van der Waals surface area (Å²) in [5, 5.41) is 10.3. The summed E-state index contributed by atoms with van der Waals surface area (Å²) >= 11 is 6.02. The maximum atomic E-state index is 12.8. The molecule has 2 heterocycles. The van der Waals surface area contributed by atoms with Gasteiger partial charge in [0.15, 0.2) is 11.5 Å². The molecule has 0 aromatic heterocycles. The van der Waals surface area contributed by atoms with Crippen molar-refractivity contribution in [3.63, 3.8) is 0 Å². The lowest BCUT2D eigenvalue weighted by atomic mass is 9.89. The maximum absolute atomic E-state index is 12.8. The molecule has 1 unspecified atom stereocenters. The molecule has 2 aromatic carbocycles. The van der Waals surface area contributed by atoms with E-state index in [0.717, 1.165) is 50.5 Å². The Balaban J connectivity index is 1.31. The summed E-state index contributed by atoms with van der Waals surface area (Å²) in [5.74, 6) is 2.14. The van der Waals surface area contributed by atoms with Crippen molar-refractivity contribution in [3.8, 4) is 17.2 Å². The highest BCUT2D eigenvalue weighted by Crippen LogP contribution is 2.40. The number of anilines is 1. The van der Waals surface area contributed by atoms with Gasteiger partial charge in [0.2, 0.25) is 5.75 Å². The second kappa shape index (κ2) is 11.8. The van der Waals surface area contributed by atoms with Crippen LogP contribution in [0.2, 0.25) is 5.02 Å². The van der Waals surface area contributed by atoms with Crippen molar-refractivity contribution in [2.75, 3.05) is 52.8 Å². The van der Waals surface area contributed by atoms with Crippen LogP contribution in [-0.4, -0.2) is 70.5 Å². The van der Waals surface area contributed by atoms with Crippen molar-refractivity contribution < 1.29 is 19.0 Å². The van der Waals surface area contributed by atoms with E-state index in [9.17, 15) is 4.79 Å². The zero-order valence-electron chi connectivity index (χ0n) is 20.6. The molecule has 8 nitrogen and oxygen atoms in total. The van der Waals surface area contributed by atoms with Gasteiger partial charge in [0.25, 0.3) is 0 Å². The van der Waals surface area contributed by atoms with Crippen molar-refractivity contribution in [2.45, 2.75) is 31.3 Å². The van der Waals surface area contributed by atoms with E-state index < -0.39 is 0 Å². The standard InChI is InChI=1S/C26H35ClN4O4/c1-33-23-13-20(14-24(34-2)25(23)35-3)29-26(32)30-21-15-28-16-22(21)31-10-8-18(9-11-31)12-17-4-6-19(27)7-5-17/h4-7,13-14,18,21-22,28H,8-12,15-16H2,1-3H3,(H2,29,30,32)/t21?,22-/m1/s1. The summed E-state index contributed by atoms with van der Waals surface area (Å²) in [6, 6.07) is 11.7. The van der Waals surface area contributed by atoms with Gasteiger partial charge in [-0.3, -0.25) is 4.90 Å². The molecule has 0 bridgehead atoms. The minimum Gasteiger partial charge on any atom is -0.493 e. The van der Waals surface area contributed by atoms with Crippen LogP contribution >= 0.6 is 11.6 Å². The average Bonchev–Trinajstić information content (AvgIpc) is 3.33. The van der Waals surface area contributed by atoms with Gasteiger partial charge in [0.05, 0.1) is 33.1 Å². The number of carbonyl (C=O) groups is 1. The van der Waals surface area contributed by atoms with Crippen LogP contribution in [0.15, 0.2) is 36.4 Å². The molecule has 4 rings (SSSR count). The number of nitrogens with zero attached hydrogens (tertiary/aromatic N) is 1. The lowest BCUT2D eigenvalue weighted by molar-refractivity contribution is 0.127. The highest BCUT2D eigenvalue weighted by Gasteiger charge is 2.35. The molecule has 35 heavy (non-hydrogen) atoms. The summed E-state index contributed by atoms with van der Waals surface area (Å²) in [5.41, 5.74) is 1.92. The van der Waals surface area contributed by atoms with E-state index in [1.807, 2.05) is 12.1 Å². The van der Waals surface area contributed by atoms with Crippen LogP contribution in [-0.2, 0) is 6.42 Å². The summed E-state index contributed by atoms with van der Waals surface area (Å²) in [6.45, 7) is 3.70.